The first-order chi connectivity index (χ1) is 14.2. The van der Waals surface area contributed by atoms with Gasteiger partial charge in [0.2, 0.25) is 11.8 Å². The largest absolute Gasteiger partial charge is 0.335 e. The number of carbonyl (C=O) groups is 2. The Morgan fingerprint density at radius 3 is 2.57 bits per heavy atom. The maximum atomic E-state index is 12.7. The van der Waals surface area contributed by atoms with E-state index in [4.69, 9.17) is 0 Å². The Kier molecular flexibility index (Phi) is 6.84. The number of carbonyl (C=O) groups excluding carboxylic acids is 2. The van der Waals surface area contributed by atoms with Crippen molar-refractivity contribution < 1.29 is 9.59 Å². The Hall–Kier alpha value is -2.77. The van der Waals surface area contributed by atoms with Crippen LogP contribution >= 0.6 is 11.3 Å². The van der Waals surface area contributed by atoms with Gasteiger partial charge in [-0.1, -0.05) is 24.3 Å². The molecule has 2 aromatic carbocycles. The first-order valence-electron chi connectivity index (χ1n) is 9.91. The number of thiazole rings is 1. The van der Waals surface area contributed by atoms with Crippen molar-refractivity contribution in [2.75, 3.05) is 32.5 Å². The van der Waals surface area contributed by atoms with Crippen molar-refractivity contribution >= 4 is 39.1 Å². The molecule has 0 aliphatic rings. The number of amides is 2. The Bertz CT molecular complexity index is 1030. The van der Waals surface area contributed by atoms with Gasteiger partial charge in [0.25, 0.3) is 0 Å². The monoisotopic (exact) mass is 424 g/mol. The third-order valence-electron chi connectivity index (χ3n) is 5.19. The van der Waals surface area contributed by atoms with Crippen LogP contribution in [-0.2, 0) is 9.59 Å². The molecule has 6 nitrogen and oxygen atoms in total. The summed E-state index contributed by atoms with van der Waals surface area (Å²) >= 11 is 1.64. The van der Waals surface area contributed by atoms with Crippen LogP contribution in [0.3, 0.4) is 0 Å². The van der Waals surface area contributed by atoms with Gasteiger partial charge >= 0.3 is 0 Å². The maximum absolute atomic E-state index is 12.7. The van der Waals surface area contributed by atoms with E-state index in [1.807, 2.05) is 69.1 Å². The van der Waals surface area contributed by atoms with E-state index in [2.05, 4.69) is 16.4 Å². The summed E-state index contributed by atoms with van der Waals surface area (Å²) in [6, 6.07) is 13.9. The number of nitrogens with one attached hydrogen (secondary N) is 1. The molecule has 0 saturated carbocycles. The molecule has 1 atom stereocenters. The van der Waals surface area contributed by atoms with Crippen LogP contribution in [0.25, 0.3) is 10.2 Å². The number of rotatable bonds is 7. The van der Waals surface area contributed by atoms with Crippen LogP contribution in [-0.4, -0.2) is 53.8 Å². The zero-order chi connectivity index (χ0) is 21.8. The number of benzene rings is 2. The summed E-state index contributed by atoms with van der Waals surface area (Å²) in [6.45, 7) is 6.19. The van der Waals surface area contributed by atoms with Crippen molar-refractivity contribution in [1.29, 1.82) is 0 Å². The van der Waals surface area contributed by atoms with E-state index in [9.17, 15) is 9.59 Å². The van der Waals surface area contributed by atoms with Crippen molar-refractivity contribution in [3.05, 3.63) is 58.6 Å². The Morgan fingerprint density at radius 2 is 1.83 bits per heavy atom. The van der Waals surface area contributed by atoms with Crippen LogP contribution in [0, 0.1) is 13.8 Å². The third kappa shape index (κ3) is 5.23. The molecule has 0 fully saturated rings. The first-order valence-corrected chi connectivity index (χ1v) is 10.7. The van der Waals surface area contributed by atoms with E-state index in [-0.39, 0.29) is 30.9 Å². The SMILES string of the molecule is Cc1ccc(C)c(NC(=O)CN(C)C(=O)CN(C)[C@H](C)c2nc3ccccc3s2)c1. The van der Waals surface area contributed by atoms with Crippen LogP contribution in [0.1, 0.15) is 29.1 Å². The normalized spacial score (nSPS) is 12.2. The molecule has 158 valence electrons. The fourth-order valence-corrected chi connectivity index (χ4v) is 4.18. The summed E-state index contributed by atoms with van der Waals surface area (Å²) in [5.41, 5.74) is 3.82. The molecule has 0 unspecified atom stereocenters. The molecule has 0 aliphatic carbocycles. The summed E-state index contributed by atoms with van der Waals surface area (Å²) in [4.78, 5) is 33.2. The van der Waals surface area contributed by atoms with Gasteiger partial charge in [0.15, 0.2) is 0 Å². The summed E-state index contributed by atoms with van der Waals surface area (Å²) in [5, 5.41) is 3.87. The van der Waals surface area contributed by atoms with Gasteiger partial charge in [0, 0.05) is 12.7 Å². The number of likely N-dealkylation sites (N-methyl/N-ethyl adjacent to an activating group) is 2. The highest BCUT2D eigenvalue weighted by Gasteiger charge is 2.21. The van der Waals surface area contributed by atoms with Crippen molar-refractivity contribution in [2.24, 2.45) is 0 Å². The number of fused-ring (bicyclic) bond motifs is 1. The summed E-state index contributed by atoms with van der Waals surface area (Å²) < 4.78 is 1.14. The Morgan fingerprint density at radius 1 is 1.10 bits per heavy atom. The third-order valence-corrected chi connectivity index (χ3v) is 6.39. The molecule has 1 heterocycles. The molecular weight excluding hydrogens is 396 g/mol. The summed E-state index contributed by atoms with van der Waals surface area (Å²) in [5.74, 6) is -0.317. The van der Waals surface area contributed by atoms with Crippen LogP contribution < -0.4 is 5.32 Å². The van der Waals surface area contributed by atoms with Crippen LogP contribution in [0.5, 0.6) is 0 Å². The number of hydrogen-bond donors (Lipinski definition) is 1. The lowest BCUT2D eigenvalue weighted by molar-refractivity contribution is -0.134. The zero-order valence-electron chi connectivity index (χ0n) is 18.1. The topological polar surface area (TPSA) is 65.5 Å². The smallest absolute Gasteiger partial charge is 0.243 e. The highest BCUT2D eigenvalue weighted by Crippen LogP contribution is 2.28. The fraction of sp³-hybridized carbons (Fsp3) is 0.348. The quantitative estimate of drug-likeness (QED) is 0.623. The summed E-state index contributed by atoms with van der Waals surface area (Å²) in [7, 11) is 3.56. The molecule has 1 aromatic heterocycles. The predicted octanol–water partition coefficient (Wildman–Crippen LogP) is 4.00. The molecule has 3 aromatic rings. The minimum atomic E-state index is -0.207. The molecule has 1 N–H and O–H groups in total. The van der Waals surface area contributed by atoms with Crippen molar-refractivity contribution in [3.8, 4) is 0 Å². The molecule has 30 heavy (non-hydrogen) atoms. The van der Waals surface area contributed by atoms with Crippen molar-refractivity contribution in [2.45, 2.75) is 26.8 Å². The van der Waals surface area contributed by atoms with E-state index in [0.717, 1.165) is 32.0 Å². The lowest BCUT2D eigenvalue weighted by Gasteiger charge is -2.25. The van der Waals surface area contributed by atoms with Crippen LogP contribution in [0.4, 0.5) is 5.69 Å². The molecule has 0 spiro atoms. The number of nitrogens with zero attached hydrogens (tertiary/aromatic N) is 3. The van der Waals surface area contributed by atoms with Crippen LogP contribution in [0.15, 0.2) is 42.5 Å². The second-order valence-corrected chi connectivity index (χ2v) is 8.79. The molecule has 0 aliphatic heterocycles. The van der Waals surface area contributed by atoms with Gasteiger partial charge in [0.1, 0.15) is 5.01 Å². The van der Waals surface area contributed by atoms with E-state index in [1.165, 1.54) is 4.90 Å². The average Bonchev–Trinajstić information content (AvgIpc) is 3.14. The maximum Gasteiger partial charge on any atom is 0.243 e. The number of para-hydroxylation sites is 1. The predicted molar refractivity (Wildman–Crippen MR) is 123 cm³/mol. The van der Waals surface area contributed by atoms with Gasteiger partial charge < -0.3 is 10.2 Å². The molecule has 2 amide bonds. The second kappa shape index (κ2) is 9.36. The van der Waals surface area contributed by atoms with E-state index in [1.54, 1.807) is 18.4 Å². The molecule has 0 radical (unpaired) electrons. The van der Waals surface area contributed by atoms with Gasteiger partial charge in [-0.25, -0.2) is 4.98 Å². The minimum Gasteiger partial charge on any atom is -0.335 e. The lowest BCUT2D eigenvalue weighted by atomic mass is 10.1. The van der Waals surface area contributed by atoms with Gasteiger partial charge in [-0.05, 0) is 57.1 Å². The minimum absolute atomic E-state index is 0.00326. The van der Waals surface area contributed by atoms with Crippen molar-refractivity contribution in [1.82, 2.24) is 14.8 Å². The van der Waals surface area contributed by atoms with Crippen molar-refractivity contribution in [3.63, 3.8) is 0 Å². The molecular formula is C23H28N4O2S. The number of hydrogen-bond acceptors (Lipinski definition) is 5. The Balaban J connectivity index is 1.56. The van der Waals surface area contributed by atoms with E-state index in [0.29, 0.717) is 0 Å². The first kappa shape index (κ1) is 21.9. The van der Waals surface area contributed by atoms with E-state index < -0.39 is 0 Å². The van der Waals surface area contributed by atoms with Gasteiger partial charge in [0.05, 0.1) is 29.3 Å². The molecule has 3 rings (SSSR count). The second-order valence-electron chi connectivity index (χ2n) is 7.73. The fourth-order valence-electron chi connectivity index (χ4n) is 3.09. The van der Waals surface area contributed by atoms with Gasteiger partial charge in [-0.15, -0.1) is 11.3 Å². The number of anilines is 1. The molecule has 0 saturated heterocycles. The highest BCUT2D eigenvalue weighted by atomic mass is 32.1. The molecule has 0 bridgehead atoms. The average molecular weight is 425 g/mol. The lowest BCUT2D eigenvalue weighted by Crippen LogP contribution is -2.41. The standard InChI is InChI=1S/C23H28N4O2S/c1-15-10-11-16(2)19(12-15)24-21(28)13-27(5)22(29)14-26(4)17(3)23-25-18-8-6-7-9-20(18)30-23/h6-12,17H,13-14H2,1-5H3,(H,24,28)/t17-/m1/s1. The molecule has 7 heteroatoms. The summed E-state index contributed by atoms with van der Waals surface area (Å²) in [6.07, 6.45) is 0. The van der Waals surface area contributed by atoms with Gasteiger partial charge in [-0.2, -0.15) is 0 Å². The number of aromatic nitrogens is 1. The zero-order valence-corrected chi connectivity index (χ0v) is 18.9. The van der Waals surface area contributed by atoms with E-state index >= 15 is 0 Å². The number of aryl methyl sites for hydroxylation is 2. The highest BCUT2D eigenvalue weighted by molar-refractivity contribution is 7.18. The van der Waals surface area contributed by atoms with Crippen LogP contribution in [0.2, 0.25) is 0 Å². The Labute approximate surface area is 181 Å². The van der Waals surface area contributed by atoms with Gasteiger partial charge in [-0.3, -0.25) is 14.5 Å².